The molecular formula is C10H14ClN3O. The zero-order valence-corrected chi connectivity index (χ0v) is 9.44. The van der Waals surface area contributed by atoms with Gasteiger partial charge < -0.3 is 4.74 Å². The van der Waals surface area contributed by atoms with Crippen molar-refractivity contribution in [3.8, 4) is 5.88 Å². The highest BCUT2D eigenvalue weighted by molar-refractivity contribution is 6.28. The van der Waals surface area contributed by atoms with Crippen molar-refractivity contribution in [3.63, 3.8) is 0 Å². The molecule has 0 aromatic carbocycles. The predicted octanol–water partition coefficient (Wildman–Crippen LogP) is 2.48. The molecule has 0 N–H and O–H groups in total. The minimum Gasteiger partial charge on any atom is -0.473 e. The molecule has 1 fully saturated rings. The van der Waals surface area contributed by atoms with E-state index < -0.39 is 0 Å². The summed E-state index contributed by atoms with van der Waals surface area (Å²) in [6.45, 7) is 2.21. The van der Waals surface area contributed by atoms with Gasteiger partial charge in [0, 0.05) is 0 Å². The number of hydrogen-bond acceptors (Lipinski definition) is 4. The molecule has 2 rings (SSSR count). The van der Waals surface area contributed by atoms with Gasteiger partial charge in [0.15, 0.2) is 0 Å². The van der Waals surface area contributed by atoms with Crippen LogP contribution in [0.2, 0.25) is 5.28 Å². The predicted molar refractivity (Wildman–Crippen MR) is 56.9 cm³/mol. The Morgan fingerprint density at radius 1 is 1.40 bits per heavy atom. The Labute approximate surface area is 94.0 Å². The second-order valence-electron chi connectivity index (χ2n) is 3.98. The molecule has 15 heavy (non-hydrogen) atoms. The normalized spacial score (nSPS) is 26.3. The van der Waals surface area contributed by atoms with E-state index in [4.69, 9.17) is 16.3 Å². The number of ether oxygens (including phenoxy) is 1. The molecule has 0 saturated heterocycles. The Kier molecular flexibility index (Phi) is 3.36. The van der Waals surface area contributed by atoms with Crippen LogP contribution >= 0.6 is 11.6 Å². The van der Waals surface area contributed by atoms with E-state index in [1.807, 2.05) is 0 Å². The van der Waals surface area contributed by atoms with Gasteiger partial charge in [0.2, 0.25) is 11.2 Å². The number of hydrogen-bond donors (Lipinski definition) is 0. The second-order valence-corrected chi connectivity index (χ2v) is 4.32. The number of aromatic nitrogens is 3. The third-order valence-corrected chi connectivity index (χ3v) is 2.98. The molecule has 0 bridgehead atoms. The first-order chi connectivity index (χ1) is 7.25. The lowest BCUT2D eigenvalue weighted by atomic mass is 9.88. The first kappa shape index (κ1) is 10.6. The summed E-state index contributed by atoms with van der Waals surface area (Å²) in [5.41, 5.74) is 0. The van der Waals surface area contributed by atoms with Gasteiger partial charge in [0.25, 0.3) is 0 Å². The summed E-state index contributed by atoms with van der Waals surface area (Å²) in [6.07, 6.45) is 6.57. The lowest BCUT2D eigenvalue weighted by molar-refractivity contribution is 0.0968. The van der Waals surface area contributed by atoms with E-state index >= 15 is 0 Å². The van der Waals surface area contributed by atoms with Gasteiger partial charge in [0.05, 0.1) is 0 Å². The van der Waals surface area contributed by atoms with Crippen LogP contribution in [0.1, 0.15) is 32.6 Å². The summed E-state index contributed by atoms with van der Waals surface area (Å²) in [5.74, 6) is 1.06. The zero-order valence-electron chi connectivity index (χ0n) is 8.69. The third kappa shape index (κ3) is 2.78. The molecule has 0 radical (unpaired) electrons. The molecule has 1 aromatic rings. The minimum absolute atomic E-state index is 0.135. The van der Waals surface area contributed by atoms with E-state index in [1.165, 1.54) is 25.5 Å². The molecule has 1 aromatic heterocycles. The van der Waals surface area contributed by atoms with Crippen molar-refractivity contribution in [2.45, 2.75) is 38.7 Å². The van der Waals surface area contributed by atoms with Crippen LogP contribution in [0.4, 0.5) is 0 Å². The average Bonchev–Trinajstić information content (AvgIpc) is 2.22. The first-order valence-electron chi connectivity index (χ1n) is 5.27. The van der Waals surface area contributed by atoms with Crippen molar-refractivity contribution >= 4 is 11.6 Å². The van der Waals surface area contributed by atoms with Gasteiger partial charge in [-0.1, -0.05) is 13.3 Å². The molecule has 1 aliphatic carbocycles. The SMILES string of the molecule is CC1CCCCC1Oc1cnnc(Cl)n1. The van der Waals surface area contributed by atoms with Gasteiger partial charge in [-0.2, -0.15) is 10.1 Å². The monoisotopic (exact) mass is 227 g/mol. The highest BCUT2D eigenvalue weighted by Gasteiger charge is 2.23. The molecule has 1 heterocycles. The molecule has 4 nitrogen and oxygen atoms in total. The van der Waals surface area contributed by atoms with Crippen molar-refractivity contribution in [3.05, 3.63) is 11.5 Å². The van der Waals surface area contributed by atoms with E-state index in [-0.39, 0.29) is 11.4 Å². The molecular weight excluding hydrogens is 214 g/mol. The molecule has 2 atom stereocenters. The van der Waals surface area contributed by atoms with Crippen molar-refractivity contribution in [2.75, 3.05) is 0 Å². The number of halogens is 1. The quantitative estimate of drug-likeness (QED) is 0.779. The van der Waals surface area contributed by atoms with Crippen LogP contribution in [0, 0.1) is 5.92 Å². The number of rotatable bonds is 2. The summed E-state index contributed by atoms with van der Waals surface area (Å²) < 4.78 is 5.75. The van der Waals surface area contributed by atoms with E-state index in [1.54, 1.807) is 0 Å². The average molecular weight is 228 g/mol. The molecule has 1 aliphatic rings. The van der Waals surface area contributed by atoms with Crippen molar-refractivity contribution in [2.24, 2.45) is 5.92 Å². The van der Waals surface area contributed by atoms with Gasteiger partial charge in [0.1, 0.15) is 12.3 Å². The second kappa shape index (κ2) is 4.75. The lowest BCUT2D eigenvalue weighted by Crippen LogP contribution is -2.28. The van der Waals surface area contributed by atoms with E-state index in [2.05, 4.69) is 22.1 Å². The standard InChI is InChI=1S/C10H14ClN3O/c1-7-4-2-3-5-8(7)15-9-6-12-14-10(11)13-9/h6-8H,2-5H2,1H3. The molecule has 0 aliphatic heterocycles. The molecule has 82 valence electrons. The van der Waals surface area contributed by atoms with Crippen LogP contribution in [0.25, 0.3) is 0 Å². The maximum atomic E-state index is 5.75. The highest BCUT2D eigenvalue weighted by Crippen LogP contribution is 2.27. The van der Waals surface area contributed by atoms with Gasteiger partial charge in [-0.15, -0.1) is 5.10 Å². The zero-order chi connectivity index (χ0) is 10.7. The van der Waals surface area contributed by atoms with Gasteiger partial charge >= 0.3 is 0 Å². The largest absolute Gasteiger partial charge is 0.473 e. The minimum atomic E-state index is 0.135. The Morgan fingerprint density at radius 2 is 2.20 bits per heavy atom. The maximum absolute atomic E-state index is 5.75. The van der Waals surface area contributed by atoms with Crippen molar-refractivity contribution in [1.82, 2.24) is 15.2 Å². The Hall–Kier alpha value is -0.900. The molecule has 2 unspecified atom stereocenters. The van der Waals surface area contributed by atoms with Crippen LogP contribution in [0.3, 0.4) is 0 Å². The summed E-state index contributed by atoms with van der Waals surface area (Å²) >= 11 is 5.63. The van der Waals surface area contributed by atoms with Crippen LogP contribution in [0.5, 0.6) is 5.88 Å². The topological polar surface area (TPSA) is 47.9 Å². The Balaban J connectivity index is 2.01. The Morgan fingerprint density at radius 3 is 2.93 bits per heavy atom. The van der Waals surface area contributed by atoms with E-state index in [0.29, 0.717) is 11.8 Å². The molecule has 5 heteroatoms. The third-order valence-electron chi connectivity index (χ3n) is 2.82. The lowest BCUT2D eigenvalue weighted by Gasteiger charge is -2.28. The van der Waals surface area contributed by atoms with Gasteiger partial charge in [-0.05, 0) is 36.8 Å². The highest BCUT2D eigenvalue weighted by atomic mass is 35.5. The molecule has 0 amide bonds. The van der Waals surface area contributed by atoms with Crippen LogP contribution in [-0.4, -0.2) is 21.3 Å². The van der Waals surface area contributed by atoms with E-state index in [9.17, 15) is 0 Å². The van der Waals surface area contributed by atoms with E-state index in [0.717, 1.165) is 6.42 Å². The van der Waals surface area contributed by atoms with Crippen LogP contribution in [-0.2, 0) is 0 Å². The van der Waals surface area contributed by atoms with Crippen molar-refractivity contribution in [1.29, 1.82) is 0 Å². The maximum Gasteiger partial charge on any atom is 0.246 e. The smallest absolute Gasteiger partial charge is 0.246 e. The van der Waals surface area contributed by atoms with Gasteiger partial charge in [-0.3, -0.25) is 0 Å². The fraction of sp³-hybridized carbons (Fsp3) is 0.700. The fourth-order valence-corrected chi connectivity index (χ4v) is 2.06. The van der Waals surface area contributed by atoms with Gasteiger partial charge in [-0.25, -0.2) is 0 Å². The van der Waals surface area contributed by atoms with Crippen LogP contribution < -0.4 is 4.74 Å². The summed E-state index contributed by atoms with van der Waals surface area (Å²) in [4.78, 5) is 3.97. The summed E-state index contributed by atoms with van der Waals surface area (Å²) in [6, 6.07) is 0. The van der Waals surface area contributed by atoms with Crippen LogP contribution in [0.15, 0.2) is 6.20 Å². The fourth-order valence-electron chi connectivity index (χ4n) is 1.94. The summed E-state index contributed by atoms with van der Waals surface area (Å²) in [7, 11) is 0. The molecule has 0 spiro atoms. The Bertz CT molecular complexity index is 334. The van der Waals surface area contributed by atoms with Crippen molar-refractivity contribution < 1.29 is 4.74 Å². The summed E-state index contributed by atoms with van der Waals surface area (Å²) in [5, 5.41) is 7.42. The molecule has 1 saturated carbocycles. The number of nitrogens with zero attached hydrogens (tertiary/aromatic N) is 3. The first-order valence-corrected chi connectivity index (χ1v) is 5.65.